The minimum atomic E-state index is -0.877. The SMILES string of the molecule is O=C(O)C1CNCC1c1ccc(Br)cc1F. The molecule has 0 bridgehead atoms. The molecule has 3 nitrogen and oxygen atoms in total. The average molecular weight is 288 g/mol. The minimum Gasteiger partial charge on any atom is -0.481 e. The Labute approximate surface area is 101 Å². The number of benzene rings is 1. The molecule has 0 amide bonds. The second-order valence-electron chi connectivity index (χ2n) is 3.88. The van der Waals surface area contributed by atoms with E-state index < -0.39 is 11.9 Å². The van der Waals surface area contributed by atoms with E-state index in [1.807, 2.05) is 0 Å². The molecule has 2 unspecified atom stereocenters. The highest BCUT2D eigenvalue weighted by atomic mass is 79.9. The first-order valence-corrected chi connectivity index (χ1v) is 5.77. The molecule has 1 aromatic rings. The van der Waals surface area contributed by atoms with Crippen molar-refractivity contribution in [3.05, 3.63) is 34.1 Å². The fourth-order valence-corrected chi connectivity index (χ4v) is 2.40. The topological polar surface area (TPSA) is 49.3 Å². The monoisotopic (exact) mass is 287 g/mol. The number of nitrogens with one attached hydrogen (secondary N) is 1. The van der Waals surface area contributed by atoms with Gasteiger partial charge in [-0.05, 0) is 17.7 Å². The van der Waals surface area contributed by atoms with Crippen molar-refractivity contribution in [2.75, 3.05) is 13.1 Å². The van der Waals surface area contributed by atoms with Crippen LogP contribution in [0.15, 0.2) is 22.7 Å². The number of carbonyl (C=O) groups is 1. The van der Waals surface area contributed by atoms with E-state index in [4.69, 9.17) is 5.11 Å². The van der Waals surface area contributed by atoms with Gasteiger partial charge in [0.25, 0.3) is 0 Å². The normalized spacial score (nSPS) is 24.6. The van der Waals surface area contributed by atoms with Gasteiger partial charge in [-0.2, -0.15) is 0 Å². The van der Waals surface area contributed by atoms with Crippen molar-refractivity contribution in [2.24, 2.45) is 5.92 Å². The highest BCUT2D eigenvalue weighted by Crippen LogP contribution is 2.31. The summed E-state index contributed by atoms with van der Waals surface area (Å²) in [5.41, 5.74) is 0.473. The highest BCUT2D eigenvalue weighted by molar-refractivity contribution is 9.10. The van der Waals surface area contributed by atoms with E-state index in [9.17, 15) is 9.18 Å². The Bertz CT molecular complexity index is 424. The van der Waals surface area contributed by atoms with E-state index in [0.29, 0.717) is 23.1 Å². The van der Waals surface area contributed by atoms with Crippen LogP contribution in [0.5, 0.6) is 0 Å². The summed E-state index contributed by atoms with van der Waals surface area (Å²) < 4.78 is 14.3. The van der Waals surface area contributed by atoms with Crippen LogP contribution in [0, 0.1) is 11.7 Å². The molecule has 0 radical (unpaired) electrons. The summed E-state index contributed by atoms with van der Waals surface area (Å²) in [6, 6.07) is 4.75. The first kappa shape index (κ1) is 11.5. The lowest BCUT2D eigenvalue weighted by molar-refractivity contribution is -0.141. The summed E-state index contributed by atoms with van der Waals surface area (Å²) in [7, 11) is 0. The Morgan fingerprint density at radius 3 is 2.88 bits per heavy atom. The molecule has 1 heterocycles. The molecular weight excluding hydrogens is 277 g/mol. The van der Waals surface area contributed by atoms with Gasteiger partial charge in [0.15, 0.2) is 0 Å². The lowest BCUT2D eigenvalue weighted by Gasteiger charge is -2.15. The van der Waals surface area contributed by atoms with Crippen LogP contribution >= 0.6 is 15.9 Å². The number of hydrogen-bond donors (Lipinski definition) is 2. The Morgan fingerprint density at radius 2 is 2.25 bits per heavy atom. The van der Waals surface area contributed by atoms with Crippen LogP contribution in [-0.2, 0) is 4.79 Å². The summed E-state index contributed by atoms with van der Waals surface area (Å²) in [6.07, 6.45) is 0. The molecule has 2 atom stereocenters. The molecular formula is C11H11BrFNO2. The third-order valence-electron chi connectivity index (χ3n) is 2.89. The summed E-state index contributed by atoms with van der Waals surface area (Å²) in [4.78, 5) is 11.0. The van der Waals surface area contributed by atoms with E-state index in [2.05, 4.69) is 21.2 Å². The molecule has 2 N–H and O–H groups in total. The first-order chi connectivity index (χ1) is 7.59. The lowest BCUT2D eigenvalue weighted by atomic mass is 9.89. The zero-order chi connectivity index (χ0) is 11.7. The molecule has 0 aromatic heterocycles. The van der Waals surface area contributed by atoms with Crippen LogP contribution in [-0.4, -0.2) is 24.2 Å². The van der Waals surface area contributed by atoms with Crippen molar-refractivity contribution in [3.63, 3.8) is 0 Å². The molecule has 5 heteroatoms. The van der Waals surface area contributed by atoms with Crippen molar-refractivity contribution >= 4 is 21.9 Å². The number of carboxylic acids is 1. The zero-order valence-corrected chi connectivity index (χ0v) is 10.00. The maximum absolute atomic E-state index is 13.7. The quantitative estimate of drug-likeness (QED) is 0.875. The number of rotatable bonds is 2. The molecule has 0 spiro atoms. The van der Waals surface area contributed by atoms with Gasteiger partial charge in [0.2, 0.25) is 0 Å². The van der Waals surface area contributed by atoms with Crippen molar-refractivity contribution in [3.8, 4) is 0 Å². The predicted molar refractivity (Wildman–Crippen MR) is 60.8 cm³/mol. The fourth-order valence-electron chi connectivity index (χ4n) is 2.07. The Kier molecular flexibility index (Phi) is 3.25. The molecule has 1 fully saturated rings. The molecule has 86 valence electrons. The van der Waals surface area contributed by atoms with E-state index in [-0.39, 0.29) is 11.7 Å². The van der Waals surface area contributed by atoms with Crippen LogP contribution in [0.1, 0.15) is 11.5 Å². The smallest absolute Gasteiger partial charge is 0.308 e. The summed E-state index contributed by atoms with van der Waals surface area (Å²) >= 11 is 3.18. The van der Waals surface area contributed by atoms with Gasteiger partial charge in [0.05, 0.1) is 5.92 Å². The molecule has 0 aliphatic carbocycles. The van der Waals surface area contributed by atoms with E-state index in [1.54, 1.807) is 12.1 Å². The average Bonchev–Trinajstić information content (AvgIpc) is 2.66. The first-order valence-electron chi connectivity index (χ1n) is 4.98. The molecule has 2 rings (SSSR count). The summed E-state index contributed by atoms with van der Waals surface area (Å²) in [6.45, 7) is 0.908. The van der Waals surface area contributed by atoms with Crippen molar-refractivity contribution in [2.45, 2.75) is 5.92 Å². The van der Waals surface area contributed by atoms with Crippen LogP contribution < -0.4 is 5.32 Å². The van der Waals surface area contributed by atoms with E-state index in [0.717, 1.165) is 0 Å². The molecule has 1 aliphatic rings. The second kappa shape index (κ2) is 4.51. The van der Waals surface area contributed by atoms with Crippen molar-refractivity contribution in [1.29, 1.82) is 0 Å². The number of aliphatic carboxylic acids is 1. The van der Waals surface area contributed by atoms with Crippen LogP contribution in [0.2, 0.25) is 0 Å². The summed E-state index contributed by atoms with van der Waals surface area (Å²) in [5, 5.41) is 12.0. The van der Waals surface area contributed by atoms with Gasteiger partial charge < -0.3 is 10.4 Å². The maximum Gasteiger partial charge on any atom is 0.308 e. The van der Waals surface area contributed by atoms with Gasteiger partial charge in [0, 0.05) is 23.5 Å². The Balaban J connectivity index is 2.32. The molecule has 1 aliphatic heterocycles. The third kappa shape index (κ3) is 2.10. The molecule has 0 saturated carbocycles. The molecule has 1 saturated heterocycles. The van der Waals surface area contributed by atoms with E-state index in [1.165, 1.54) is 6.07 Å². The lowest BCUT2D eigenvalue weighted by Crippen LogP contribution is -2.21. The van der Waals surface area contributed by atoms with Gasteiger partial charge >= 0.3 is 5.97 Å². The molecule has 1 aromatic carbocycles. The van der Waals surface area contributed by atoms with Gasteiger partial charge in [-0.25, -0.2) is 4.39 Å². The summed E-state index contributed by atoms with van der Waals surface area (Å²) in [5.74, 6) is -2.06. The van der Waals surface area contributed by atoms with Crippen molar-refractivity contribution < 1.29 is 14.3 Å². The standard InChI is InChI=1S/C11H11BrFNO2/c12-6-1-2-7(10(13)3-6)8-4-14-5-9(8)11(15)16/h1-3,8-9,14H,4-5H2,(H,15,16). The van der Waals surface area contributed by atoms with Gasteiger partial charge in [0.1, 0.15) is 5.82 Å². The maximum atomic E-state index is 13.7. The van der Waals surface area contributed by atoms with Crippen LogP contribution in [0.3, 0.4) is 0 Å². The van der Waals surface area contributed by atoms with Crippen LogP contribution in [0.4, 0.5) is 4.39 Å². The minimum absolute atomic E-state index is 0.286. The second-order valence-corrected chi connectivity index (χ2v) is 4.79. The fraction of sp³-hybridized carbons (Fsp3) is 0.364. The zero-order valence-electron chi connectivity index (χ0n) is 8.41. The molecule has 16 heavy (non-hydrogen) atoms. The number of carboxylic acid groups (broad SMARTS) is 1. The third-order valence-corrected chi connectivity index (χ3v) is 3.39. The Morgan fingerprint density at radius 1 is 1.50 bits per heavy atom. The Hall–Kier alpha value is -0.940. The van der Waals surface area contributed by atoms with Crippen molar-refractivity contribution in [1.82, 2.24) is 5.32 Å². The predicted octanol–water partition coefficient (Wildman–Crippen LogP) is 1.98. The van der Waals surface area contributed by atoms with Crippen LogP contribution in [0.25, 0.3) is 0 Å². The van der Waals surface area contributed by atoms with Gasteiger partial charge in [-0.1, -0.05) is 22.0 Å². The number of hydrogen-bond acceptors (Lipinski definition) is 2. The van der Waals surface area contributed by atoms with Gasteiger partial charge in [-0.3, -0.25) is 4.79 Å². The highest BCUT2D eigenvalue weighted by Gasteiger charge is 2.35. The van der Waals surface area contributed by atoms with Gasteiger partial charge in [-0.15, -0.1) is 0 Å². The van der Waals surface area contributed by atoms with E-state index >= 15 is 0 Å². The largest absolute Gasteiger partial charge is 0.481 e. The number of halogens is 2.